The highest BCUT2D eigenvalue weighted by Gasteiger charge is 2.76. The molecule has 3 aliphatic rings. The summed E-state index contributed by atoms with van der Waals surface area (Å²) in [6.45, 7) is 5.32. The number of alkyl carbamates (subject to hydrolysis) is 1. The lowest BCUT2D eigenvalue weighted by atomic mass is 9.66. The van der Waals surface area contributed by atoms with E-state index in [2.05, 4.69) is 5.32 Å². The first-order valence-corrected chi connectivity index (χ1v) is 10.5. The molecule has 3 heterocycles. The van der Waals surface area contributed by atoms with Gasteiger partial charge in [-0.15, -0.1) is 0 Å². The van der Waals surface area contributed by atoms with E-state index in [1.54, 1.807) is 13.8 Å². The maximum absolute atomic E-state index is 13.4. The molecule has 1 aromatic rings. The molecule has 0 radical (unpaired) electrons. The molecule has 2 bridgehead atoms. The molecule has 0 spiro atoms. The van der Waals surface area contributed by atoms with Gasteiger partial charge in [-0.3, -0.25) is 9.59 Å². The van der Waals surface area contributed by atoms with Gasteiger partial charge in [-0.25, -0.2) is 9.69 Å². The second-order valence-electron chi connectivity index (χ2n) is 8.94. The number of benzene rings is 1. The molecular formula is C22H22F3N3O5. The van der Waals surface area contributed by atoms with Crippen molar-refractivity contribution in [2.24, 2.45) is 11.8 Å². The zero-order chi connectivity index (χ0) is 24.3. The number of hydrogen-bond donors (Lipinski definition) is 1. The molecule has 8 nitrogen and oxygen atoms in total. The SMILES string of the molecule is CCCOC(=O)N[C@@H]1C[C@@]2(C)O[C@]1(C)[C@@H]1C(=O)N(c3ccc(C#N)c(C(F)(F)F)c3)C(=O)[C@@H]12. The Labute approximate surface area is 187 Å². The molecule has 3 saturated heterocycles. The first kappa shape index (κ1) is 23.0. The van der Waals surface area contributed by atoms with E-state index < -0.39 is 64.3 Å². The number of halogens is 3. The molecule has 1 N–H and O–H groups in total. The summed E-state index contributed by atoms with van der Waals surface area (Å²) in [6, 6.07) is 3.58. The largest absolute Gasteiger partial charge is 0.450 e. The number of amides is 3. The zero-order valence-electron chi connectivity index (χ0n) is 18.2. The number of nitrogens with one attached hydrogen (secondary N) is 1. The molecule has 0 aromatic heterocycles. The van der Waals surface area contributed by atoms with E-state index in [0.29, 0.717) is 12.5 Å². The highest BCUT2D eigenvalue weighted by atomic mass is 19.4. The number of carbonyl (C=O) groups is 3. The van der Waals surface area contributed by atoms with E-state index in [1.165, 1.54) is 6.07 Å². The minimum absolute atomic E-state index is 0.213. The molecule has 33 heavy (non-hydrogen) atoms. The summed E-state index contributed by atoms with van der Waals surface area (Å²) in [4.78, 5) is 39.5. The van der Waals surface area contributed by atoms with Crippen molar-refractivity contribution in [2.75, 3.05) is 11.5 Å². The fourth-order valence-electron chi connectivity index (χ4n) is 5.39. The van der Waals surface area contributed by atoms with Gasteiger partial charge in [0.1, 0.15) is 0 Å². The molecule has 3 amide bonds. The summed E-state index contributed by atoms with van der Waals surface area (Å²) in [6.07, 6.45) is -4.65. The van der Waals surface area contributed by atoms with Crippen LogP contribution in [0.1, 0.15) is 44.7 Å². The number of imide groups is 1. The van der Waals surface area contributed by atoms with Crippen LogP contribution >= 0.6 is 0 Å². The standard InChI is InChI=1S/C22H22F3N3O5/c1-4-7-32-19(31)27-14-9-20(2)15-16(21(14,3)33-20)18(30)28(17(15)29)12-6-5-11(10-26)13(8-12)22(23,24)25/h5-6,8,14-16H,4,7,9H2,1-3H3,(H,27,31)/t14-,15-,16+,20-,21+/m1/s1. The van der Waals surface area contributed by atoms with Gasteiger partial charge in [-0.1, -0.05) is 6.92 Å². The molecule has 0 aliphatic carbocycles. The zero-order valence-corrected chi connectivity index (χ0v) is 18.2. The highest BCUT2D eigenvalue weighted by molar-refractivity contribution is 6.23. The molecule has 4 rings (SSSR count). The van der Waals surface area contributed by atoms with Gasteiger partial charge < -0.3 is 14.8 Å². The van der Waals surface area contributed by atoms with Crippen LogP contribution in [0.2, 0.25) is 0 Å². The first-order valence-electron chi connectivity index (χ1n) is 10.5. The molecule has 11 heteroatoms. The van der Waals surface area contributed by atoms with E-state index in [-0.39, 0.29) is 18.7 Å². The van der Waals surface area contributed by atoms with Crippen molar-refractivity contribution < 1.29 is 37.0 Å². The third kappa shape index (κ3) is 3.35. The average molecular weight is 465 g/mol. The third-order valence-corrected chi connectivity index (χ3v) is 6.75. The summed E-state index contributed by atoms with van der Waals surface area (Å²) in [5.41, 5.74) is -4.43. The van der Waals surface area contributed by atoms with E-state index >= 15 is 0 Å². The second-order valence-corrected chi connectivity index (χ2v) is 8.94. The van der Waals surface area contributed by atoms with Crippen LogP contribution in [0.15, 0.2) is 18.2 Å². The maximum Gasteiger partial charge on any atom is 0.417 e. The lowest BCUT2D eigenvalue weighted by molar-refractivity contribution is -0.138. The van der Waals surface area contributed by atoms with Crippen LogP contribution < -0.4 is 10.2 Å². The van der Waals surface area contributed by atoms with Crippen molar-refractivity contribution in [3.8, 4) is 6.07 Å². The number of fused-ring (bicyclic) bond motifs is 5. The number of ether oxygens (including phenoxy) is 2. The fraction of sp³-hybridized carbons (Fsp3) is 0.545. The van der Waals surface area contributed by atoms with Gasteiger partial charge in [0.25, 0.3) is 0 Å². The Balaban J connectivity index is 1.68. The summed E-state index contributed by atoms with van der Waals surface area (Å²) < 4.78 is 51.5. The number of carbonyl (C=O) groups excluding carboxylic acids is 3. The van der Waals surface area contributed by atoms with Gasteiger partial charge in [-0.05, 0) is 38.5 Å². The van der Waals surface area contributed by atoms with E-state index in [0.717, 1.165) is 17.0 Å². The smallest absolute Gasteiger partial charge is 0.417 e. The third-order valence-electron chi connectivity index (χ3n) is 6.75. The Morgan fingerprint density at radius 2 is 1.97 bits per heavy atom. The van der Waals surface area contributed by atoms with Gasteiger partial charge >= 0.3 is 12.3 Å². The molecule has 176 valence electrons. The van der Waals surface area contributed by atoms with Crippen LogP contribution in [0.5, 0.6) is 0 Å². The molecule has 1 aromatic carbocycles. The summed E-state index contributed by atoms with van der Waals surface area (Å²) in [5, 5.41) is 11.7. The van der Waals surface area contributed by atoms with Crippen LogP contribution in [-0.2, 0) is 25.2 Å². The molecule has 3 aliphatic heterocycles. The Morgan fingerprint density at radius 1 is 1.30 bits per heavy atom. The summed E-state index contributed by atoms with van der Waals surface area (Å²) in [5.74, 6) is -3.28. The van der Waals surface area contributed by atoms with Crippen molar-refractivity contribution in [3.63, 3.8) is 0 Å². The van der Waals surface area contributed by atoms with Gasteiger partial charge in [0.2, 0.25) is 11.8 Å². The first-order chi connectivity index (χ1) is 15.4. The number of nitriles is 1. The van der Waals surface area contributed by atoms with Crippen LogP contribution in [-0.4, -0.2) is 41.8 Å². The number of rotatable bonds is 4. The number of anilines is 1. The van der Waals surface area contributed by atoms with Crippen LogP contribution in [0.4, 0.5) is 23.7 Å². The van der Waals surface area contributed by atoms with Crippen molar-refractivity contribution >= 4 is 23.6 Å². The van der Waals surface area contributed by atoms with Gasteiger partial charge in [0, 0.05) is 6.42 Å². The molecule has 0 unspecified atom stereocenters. The monoisotopic (exact) mass is 465 g/mol. The van der Waals surface area contributed by atoms with Crippen molar-refractivity contribution in [1.82, 2.24) is 5.32 Å². The maximum atomic E-state index is 13.4. The van der Waals surface area contributed by atoms with E-state index in [9.17, 15) is 27.6 Å². The lowest BCUT2D eigenvalue weighted by Crippen LogP contribution is -2.56. The minimum Gasteiger partial charge on any atom is -0.450 e. The normalized spacial score (nSPS) is 32.6. The molecule has 3 fully saturated rings. The Hall–Kier alpha value is -3.13. The average Bonchev–Trinajstić information content (AvgIpc) is 3.26. The lowest BCUT2D eigenvalue weighted by Gasteiger charge is -2.35. The van der Waals surface area contributed by atoms with Gasteiger partial charge in [0.15, 0.2) is 0 Å². The number of alkyl halides is 3. The number of hydrogen-bond acceptors (Lipinski definition) is 6. The van der Waals surface area contributed by atoms with Crippen LogP contribution in [0, 0.1) is 23.2 Å². The molecular weight excluding hydrogens is 443 g/mol. The van der Waals surface area contributed by atoms with E-state index in [1.807, 2.05) is 6.92 Å². The van der Waals surface area contributed by atoms with Crippen molar-refractivity contribution in [1.29, 1.82) is 5.26 Å². The Kier molecular flexibility index (Phi) is 5.20. The Morgan fingerprint density at radius 3 is 2.58 bits per heavy atom. The van der Waals surface area contributed by atoms with Gasteiger partial charge in [-0.2, -0.15) is 18.4 Å². The predicted octanol–water partition coefficient (Wildman–Crippen LogP) is 3.14. The van der Waals surface area contributed by atoms with Crippen molar-refractivity contribution in [3.05, 3.63) is 29.3 Å². The van der Waals surface area contributed by atoms with E-state index in [4.69, 9.17) is 14.7 Å². The minimum atomic E-state index is -4.84. The number of nitrogens with zero attached hydrogens (tertiary/aromatic N) is 2. The second kappa shape index (κ2) is 7.45. The molecule has 5 atom stereocenters. The van der Waals surface area contributed by atoms with Crippen LogP contribution in [0.25, 0.3) is 0 Å². The fourth-order valence-corrected chi connectivity index (χ4v) is 5.39. The highest BCUT2D eigenvalue weighted by Crippen LogP contribution is 2.61. The van der Waals surface area contributed by atoms with Crippen LogP contribution in [0.3, 0.4) is 0 Å². The topological polar surface area (TPSA) is 109 Å². The summed E-state index contributed by atoms with van der Waals surface area (Å²) >= 11 is 0. The molecule has 0 saturated carbocycles. The predicted molar refractivity (Wildman–Crippen MR) is 107 cm³/mol. The quantitative estimate of drug-likeness (QED) is 0.685. The Bertz CT molecular complexity index is 1080. The van der Waals surface area contributed by atoms with Crippen molar-refractivity contribution in [2.45, 2.75) is 57.0 Å². The van der Waals surface area contributed by atoms with Gasteiger partial charge in [0.05, 0.1) is 58.6 Å². The summed E-state index contributed by atoms with van der Waals surface area (Å²) in [7, 11) is 0.